The number of hydrogen-bond donors (Lipinski definition) is 1. The van der Waals surface area contributed by atoms with Gasteiger partial charge >= 0.3 is 5.97 Å². The van der Waals surface area contributed by atoms with E-state index in [1.54, 1.807) is 4.90 Å². The van der Waals surface area contributed by atoms with E-state index in [-0.39, 0.29) is 28.8 Å². The van der Waals surface area contributed by atoms with Crippen molar-refractivity contribution < 1.29 is 36.2 Å². The van der Waals surface area contributed by atoms with Crippen LogP contribution in [0.15, 0.2) is 30.6 Å². The average molecular weight is 371 g/mol. The molecule has 0 aliphatic carbocycles. The van der Waals surface area contributed by atoms with Crippen molar-refractivity contribution in [3.63, 3.8) is 0 Å². The average Bonchev–Trinajstić information content (AvgIpc) is 2.52. The number of hydrogen-bond acceptors (Lipinski definition) is 2. The Balaban J connectivity index is 0.00000242. The monoisotopic (exact) mass is 370 g/mol. The fraction of sp³-hybridized carbons (Fsp3) is 0.562. The zero-order valence-corrected chi connectivity index (χ0v) is 14.2. The molecule has 0 bridgehead atoms. The molecule has 1 aliphatic heterocycles. The maximum Gasteiger partial charge on any atom is 0.308 e. The van der Waals surface area contributed by atoms with E-state index in [0.717, 1.165) is 25.8 Å². The number of pyridine rings is 1. The van der Waals surface area contributed by atoms with Crippen molar-refractivity contribution in [1.82, 2.24) is 4.90 Å². The van der Waals surface area contributed by atoms with E-state index in [1.165, 1.54) is 0 Å². The highest BCUT2D eigenvalue weighted by atomic mass is 79.9. The summed E-state index contributed by atoms with van der Waals surface area (Å²) in [7, 11) is 0. The maximum absolute atomic E-state index is 12.1. The number of carboxylic acids is 1. The van der Waals surface area contributed by atoms with Gasteiger partial charge in [0, 0.05) is 38.1 Å². The number of unbranched alkanes of at least 4 members (excludes halogenated alkanes) is 1. The number of piperidine rings is 1. The lowest BCUT2D eigenvalue weighted by Crippen LogP contribution is -3.00. The Kier molecular flexibility index (Phi) is 8.09. The molecule has 0 spiro atoms. The molecule has 1 saturated heterocycles. The Hall–Kier alpha value is -1.43. The smallest absolute Gasteiger partial charge is 0.308 e. The highest BCUT2D eigenvalue weighted by Crippen LogP contribution is 2.17. The Morgan fingerprint density at radius 1 is 1.18 bits per heavy atom. The van der Waals surface area contributed by atoms with Gasteiger partial charge in [0.2, 0.25) is 5.91 Å². The zero-order valence-electron chi connectivity index (χ0n) is 12.7. The number of aromatic nitrogens is 1. The summed E-state index contributed by atoms with van der Waals surface area (Å²) in [4.78, 5) is 24.8. The summed E-state index contributed by atoms with van der Waals surface area (Å²) in [6.07, 6.45) is 7.82. The molecule has 1 amide bonds. The number of carbonyl (C=O) groups excluding carboxylic acids is 1. The van der Waals surface area contributed by atoms with E-state index < -0.39 is 5.97 Å². The first-order chi connectivity index (χ1) is 10.2. The molecule has 0 saturated carbocycles. The number of aliphatic carboxylic acids is 1. The Morgan fingerprint density at radius 3 is 2.59 bits per heavy atom. The molecule has 0 aromatic carbocycles. The molecular formula is C16H23BrN2O3. The van der Waals surface area contributed by atoms with Gasteiger partial charge in [-0.25, -0.2) is 4.57 Å². The quantitative estimate of drug-likeness (QED) is 0.488. The minimum atomic E-state index is -0.784. The van der Waals surface area contributed by atoms with Crippen LogP contribution in [0.4, 0.5) is 0 Å². The van der Waals surface area contributed by atoms with Crippen molar-refractivity contribution in [2.45, 2.75) is 38.6 Å². The van der Waals surface area contributed by atoms with E-state index >= 15 is 0 Å². The molecule has 1 N–H and O–H groups in total. The number of nitrogens with zero attached hydrogens (tertiary/aromatic N) is 2. The summed E-state index contributed by atoms with van der Waals surface area (Å²) in [6.45, 7) is 1.99. The van der Waals surface area contributed by atoms with Gasteiger partial charge in [0.25, 0.3) is 0 Å². The second kappa shape index (κ2) is 9.56. The Labute approximate surface area is 141 Å². The van der Waals surface area contributed by atoms with E-state index in [4.69, 9.17) is 5.11 Å². The van der Waals surface area contributed by atoms with Crippen molar-refractivity contribution in [1.29, 1.82) is 0 Å². The fourth-order valence-electron chi connectivity index (χ4n) is 2.72. The summed E-state index contributed by atoms with van der Waals surface area (Å²) in [5.74, 6) is -1.07. The van der Waals surface area contributed by atoms with E-state index in [0.29, 0.717) is 25.9 Å². The molecule has 1 fully saturated rings. The molecule has 1 aliphatic rings. The first-order valence-electron chi connectivity index (χ1n) is 7.61. The van der Waals surface area contributed by atoms with E-state index in [2.05, 4.69) is 4.57 Å². The van der Waals surface area contributed by atoms with E-state index in [1.807, 2.05) is 30.6 Å². The molecule has 5 nitrogen and oxygen atoms in total. The minimum absolute atomic E-state index is 0. The normalized spacial score (nSPS) is 17.6. The van der Waals surface area contributed by atoms with Gasteiger partial charge in [-0.15, -0.1) is 0 Å². The van der Waals surface area contributed by atoms with Crippen LogP contribution in [0.2, 0.25) is 0 Å². The van der Waals surface area contributed by atoms with Crippen molar-refractivity contribution in [3.8, 4) is 0 Å². The van der Waals surface area contributed by atoms with Crippen molar-refractivity contribution in [3.05, 3.63) is 30.6 Å². The third kappa shape index (κ3) is 5.75. The standard InChI is InChI=1S/C16H22N2O3.BrH/c19-15(18-12-6-7-14(13-18)16(20)21)8-2-5-11-17-9-3-1-4-10-17;/h1,3-4,9-10,14H,2,5-8,11-13H2;1H. The van der Waals surface area contributed by atoms with Gasteiger partial charge in [0.05, 0.1) is 5.92 Å². The van der Waals surface area contributed by atoms with Crippen LogP contribution in [0.3, 0.4) is 0 Å². The van der Waals surface area contributed by atoms with Gasteiger partial charge in [-0.3, -0.25) is 9.59 Å². The fourth-order valence-corrected chi connectivity index (χ4v) is 2.72. The third-order valence-electron chi connectivity index (χ3n) is 3.96. The molecule has 1 aromatic heterocycles. The van der Waals surface area contributed by atoms with Crippen LogP contribution in [0.5, 0.6) is 0 Å². The second-order valence-electron chi connectivity index (χ2n) is 5.59. The maximum atomic E-state index is 12.1. The summed E-state index contributed by atoms with van der Waals surface area (Å²) < 4.78 is 2.10. The third-order valence-corrected chi connectivity index (χ3v) is 3.96. The van der Waals surface area contributed by atoms with Crippen LogP contribution in [0, 0.1) is 5.92 Å². The summed E-state index contributed by atoms with van der Waals surface area (Å²) in [5, 5.41) is 9.04. The molecular weight excluding hydrogens is 348 g/mol. The molecule has 0 radical (unpaired) electrons. The topological polar surface area (TPSA) is 61.5 Å². The number of halogens is 1. The van der Waals surface area contributed by atoms with Crippen molar-refractivity contribution in [2.75, 3.05) is 13.1 Å². The lowest BCUT2D eigenvalue weighted by molar-refractivity contribution is -0.697. The molecule has 122 valence electrons. The highest BCUT2D eigenvalue weighted by Gasteiger charge is 2.27. The van der Waals surface area contributed by atoms with Gasteiger partial charge in [0.1, 0.15) is 6.54 Å². The summed E-state index contributed by atoms with van der Waals surface area (Å²) in [6, 6.07) is 5.96. The molecule has 1 atom stereocenters. The van der Waals surface area contributed by atoms with Crippen molar-refractivity contribution in [2.24, 2.45) is 5.92 Å². The number of likely N-dealkylation sites (tertiary alicyclic amines) is 1. The van der Waals surface area contributed by atoms with Gasteiger partial charge in [0.15, 0.2) is 12.4 Å². The number of amides is 1. The Bertz CT molecular complexity index is 482. The second-order valence-corrected chi connectivity index (χ2v) is 5.59. The number of carboxylic acid groups (broad SMARTS) is 1. The predicted molar refractivity (Wildman–Crippen MR) is 77.4 cm³/mol. The van der Waals surface area contributed by atoms with Gasteiger partial charge in [-0.05, 0) is 19.3 Å². The minimum Gasteiger partial charge on any atom is -1.00 e. The van der Waals surface area contributed by atoms with E-state index in [9.17, 15) is 9.59 Å². The SMILES string of the molecule is O=C(O)C1CCCN(C(=O)CCCC[n+]2ccccc2)C1.[Br-]. The molecule has 1 unspecified atom stereocenters. The number of aryl methyl sites for hydroxylation is 1. The predicted octanol–water partition coefficient (Wildman–Crippen LogP) is -1.53. The van der Waals surface area contributed by atoms with Gasteiger partial charge in [-0.2, -0.15) is 0 Å². The van der Waals surface area contributed by atoms with Gasteiger partial charge in [-0.1, -0.05) is 6.07 Å². The van der Waals surface area contributed by atoms with Crippen LogP contribution in [-0.4, -0.2) is 35.0 Å². The first kappa shape index (κ1) is 18.6. The van der Waals surface area contributed by atoms with Crippen LogP contribution in [0.25, 0.3) is 0 Å². The molecule has 2 heterocycles. The van der Waals surface area contributed by atoms with Crippen LogP contribution < -0.4 is 21.5 Å². The Morgan fingerprint density at radius 2 is 1.91 bits per heavy atom. The molecule has 6 heteroatoms. The van der Waals surface area contributed by atoms with Gasteiger partial charge < -0.3 is 27.0 Å². The van der Waals surface area contributed by atoms with Crippen molar-refractivity contribution >= 4 is 11.9 Å². The summed E-state index contributed by atoms with van der Waals surface area (Å²) in [5.41, 5.74) is 0. The highest BCUT2D eigenvalue weighted by molar-refractivity contribution is 5.78. The van der Waals surface area contributed by atoms with Crippen LogP contribution >= 0.6 is 0 Å². The van der Waals surface area contributed by atoms with Crippen LogP contribution in [-0.2, 0) is 16.1 Å². The number of carbonyl (C=O) groups is 2. The zero-order chi connectivity index (χ0) is 15.1. The summed E-state index contributed by atoms with van der Waals surface area (Å²) >= 11 is 0. The molecule has 1 aromatic rings. The van der Waals surface area contributed by atoms with Crippen LogP contribution in [0.1, 0.15) is 32.1 Å². The number of rotatable bonds is 6. The lowest BCUT2D eigenvalue weighted by atomic mass is 9.98. The molecule has 22 heavy (non-hydrogen) atoms. The largest absolute Gasteiger partial charge is 1.00 e. The first-order valence-corrected chi connectivity index (χ1v) is 7.61. The lowest BCUT2D eigenvalue weighted by Gasteiger charge is -2.30. The molecule has 2 rings (SSSR count).